The minimum atomic E-state index is -0.413. The van der Waals surface area contributed by atoms with Crippen LogP contribution in [0.5, 0.6) is 0 Å². The van der Waals surface area contributed by atoms with Crippen molar-refractivity contribution in [2.24, 2.45) is 0 Å². The Morgan fingerprint density at radius 3 is 2.42 bits per heavy atom. The zero-order valence-electron chi connectivity index (χ0n) is 13.1. The van der Waals surface area contributed by atoms with E-state index >= 15 is 0 Å². The molecule has 1 aliphatic rings. The first-order valence-corrected chi connectivity index (χ1v) is 7.78. The van der Waals surface area contributed by atoms with Gasteiger partial charge in [-0.05, 0) is 35.9 Å². The molecule has 0 radical (unpaired) electrons. The second-order valence-corrected chi connectivity index (χ2v) is 5.61. The summed E-state index contributed by atoms with van der Waals surface area (Å²) in [5.74, 6) is -1.04. The molecule has 0 atom stereocenters. The minimum absolute atomic E-state index is 0.0966. The van der Waals surface area contributed by atoms with Crippen molar-refractivity contribution in [3.63, 3.8) is 0 Å². The Morgan fingerprint density at radius 2 is 1.71 bits per heavy atom. The number of hydrogen-bond acceptors (Lipinski definition) is 3. The van der Waals surface area contributed by atoms with Crippen molar-refractivity contribution in [1.82, 2.24) is 0 Å². The van der Waals surface area contributed by atoms with Gasteiger partial charge in [0, 0.05) is 13.1 Å². The summed E-state index contributed by atoms with van der Waals surface area (Å²) in [5, 5.41) is 2.76. The van der Waals surface area contributed by atoms with Gasteiger partial charge in [0.25, 0.3) is 0 Å². The zero-order chi connectivity index (χ0) is 16.9. The Labute approximate surface area is 139 Å². The molecule has 1 saturated heterocycles. The summed E-state index contributed by atoms with van der Waals surface area (Å²) in [5.41, 5.74) is 1.90. The zero-order valence-corrected chi connectivity index (χ0v) is 13.1. The number of nitrogens with one attached hydrogen (secondary N) is 1. The van der Waals surface area contributed by atoms with Gasteiger partial charge in [-0.3, -0.25) is 4.79 Å². The number of ether oxygens (including phenoxy) is 1. The number of morpholine rings is 1. The van der Waals surface area contributed by atoms with Crippen molar-refractivity contribution < 1.29 is 18.3 Å². The summed E-state index contributed by atoms with van der Waals surface area (Å²) >= 11 is 0. The molecule has 0 aromatic heterocycles. The molecule has 0 aliphatic carbocycles. The van der Waals surface area contributed by atoms with Crippen LogP contribution in [0.15, 0.2) is 42.5 Å². The molecule has 1 aliphatic heterocycles. The van der Waals surface area contributed by atoms with Gasteiger partial charge in [-0.25, -0.2) is 8.78 Å². The maximum absolute atomic E-state index is 13.6. The second-order valence-electron chi connectivity index (χ2n) is 5.61. The van der Waals surface area contributed by atoms with E-state index in [1.807, 2.05) is 0 Å². The molecule has 1 heterocycles. The van der Waals surface area contributed by atoms with Crippen LogP contribution in [0.25, 0.3) is 0 Å². The number of benzene rings is 2. The van der Waals surface area contributed by atoms with E-state index in [1.54, 1.807) is 18.2 Å². The van der Waals surface area contributed by atoms with Crippen molar-refractivity contribution in [3.05, 3.63) is 59.7 Å². The Balaban J connectivity index is 1.74. The fourth-order valence-electron chi connectivity index (χ4n) is 2.67. The maximum Gasteiger partial charge on any atom is 0.228 e. The third-order valence-corrected chi connectivity index (χ3v) is 3.86. The molecule has 0 unspecified atom stereocenters. The molecule has 6 heteroatoms. The molecule has 0 spiro atoms. The number of hydrogen-bond donors (Lipinski definition) is 1. The van der Waals surface area contributed by atoms with Crippen molar-refractivity contribution in [2.45, 2.75) is 6.42 Å². The molecular weight excluding hydrogens is 314 g/mol. The molecular formula is C18H18F2N2O2. The fraction of sp³-hybridized carbons (Fsp3) is 0.278. The molecule has 4 nitrogen and oxygen atoms in total. The maximum atomic E-state index is 13.6. The molecule has 0 saturated carbocycles. The van der Waals surface area contributed by atoms with Crippen LogP contribution in [0.4, 0.5) is 20.2 Å². The van der Waals surface area contributed by atoms with Gasteiger partial charge in [0.15, 0.2) is 0 Å². The predicted molar refractivity (Wildman–Crippen MR) is 88.2 cm³/mol. The first kappa shape index (κ1) is 16.4. The second kappa shape index (κ2) is 7.40. The molecule has 0 bridgehead atoms. The van der Waals surface area contributed by atoms with Crippen LogP contribution in [-0.2, 0) is 16.0 Å². The Morgan fingerprint density at radius 1 is 1.04 bits per heavy atom. The minimum Gasteiger partial charge on any atom is -0.378 e. The molecule has 1 amide bonds. The van der Waals surface area contributed by atoms with E-state index in [0.717, 1.165) is 5.69 Å². The summed E-state index contributed by atoms with van der Waals surface area (Å²) in [6.45, 7) is 2.57. The smallest absolute Gasteiger partial charge is 0.228 e. The molecule has 2 aromatic carbocycles. The van der Waals surface area contributed by atoms with Crippen LogP contribution in [0, 0.1) is 11.6 Å². The SMILES string of the molecule is O=C(Cc1ccc(F)cc1)Nc1cc(F)ccc1N1CCOCC1. The Kier molecular flexibility index (Phi) is 5.05. The van der Waals surface area contributed by atoms with Crippen LogP contribution in [-0.4, -0.2) is 32.2 Å². The summed E-state index contributed by atoms with van der Waals surface area (Å²) in [7, 11) is 0. The number of nitrogens with zero attached hydrogens (tertiary/aromatic N) is 1. The highest BCUT2D eigenvalue weighted by molar-refractivity contribution is 5.95. The van der Waals surface area contributed by atoms with Gasteiger partial charge in [0.05, 0.1) is 31.0 Å². The number of rotatable bonds is 4. The summed E-state index contributed by atoms with van der Waals surface area (Å²) < 4.78 is 31.8. The van der Waals surface area contributed by atoms with Gasteiger partial charge in [-0.15, -0.1) is 0 Å². The van der Waals surface area contributed by atoms with Crippen LogP contribution < -0.4 is 10.2 Å². The van der Waals surface area contributed by atoms with E-state index in [4.69, 9.17) is 4.74 Å². The fourth-order valence-corrected chi connectivity index (χ4v) is 2.67. The first-order valence-electron chi connectivity index (χ1n) is 7.78. The lowest BCUT2D eigenvalue weighted by molar-refractivity contribution is -0.115. The average molecular weight is 332 g/mol. The van der Waals surface area contributed by atoms with E-state index in [9.17, 15) is 13.6 Å². The molecule has 24 heavy (non-hydrogen) atoms. The molecule has 1 fully saturated rings. The van der Waals surface area contributed by atoms with Crippen LogP contribution in [0.3, 0.4) is 0 Å². The van der Waals surface area contributed by atoms with Gasteiger partial charge >= 0.3 is 0 Å². The lowest BCUT2D eigenvalue weighted by atomic mass is 10.1. The van der Waals surface area contributed by atoms with Crippen molar-refractivity contribution in [2.75, 3.05) is 36.5 Å². The van der Waals surface area contributed by atoms with E-state index in [-0.39, 0.29) is 18.1 Å². The summed E-state index contributed by atoms with van der Waals surface area (Å²) in [6, 6.07) is 10.1. The molecule has 2 aromatic rings. The first-order chi connectivity index (χ1) is 11.6. The van der Waals surface area contributed by atoms with Gasteiger partial charge in [0.1, 0.15) is 11.6 Å². The van der Waals surface area contributed by atoms with Gasteiger partial charge < -0.3 is 15.0 Å². The van der Waals surface area contributed by atoms with E-state index in [2.05, 4.69) is 10.2 Å². The highest BCUT2D eigenvalue weighted by Crippen LogP contribution is 2.27. The molecule has 126 valence electrons. The van der Waals surface area contributed by atoms with Crippen LogP contribution >= 0.6 is 0 Å². The third-order valence-electron chi connectivity index (χ3n) is 3.86. The normalized spacial score (nSPS) is 14.5. The van der Waals surface area contributed by atoms with Crippen molar-refractivity contribution >= 4 is 17.3 Å². The van der Waals surface area contributed by atoms with Crippen molar-refractivity contribution in [1.29, 1.82) is 0 Å². The largest absolute Gasteiger partial charge is 0.378 e. The Hall–Kier alpha value is -2.47. The molecule has 3 rings (SSSR count). The van der Waals surface area contributed by atoms with Crippen LogP contribution in [0.2, 0.25) is 0 Å². The Bertz CT molecular complexity index is 713. The predicted octanol–water partition coefficient (Wildman–Crippen LogP) is 2.98. The van der Waals surface area contributed by atoms with Gasteiger partial charge in [-0.1, -0.05) is 12.1 Å². The standard InChI is InChI=1S/C18H18F2N2O2/c19-14-3-1-13(2-4-14)11-18(23)21-16-12-15(20)5-6-17(16)22-7-9-24-10-8-22/h1-6,12H,7-11H2,(H,21,23). The van der Waals surface area contributed by atoms with E-state index in [1.165, 1.54) is 24.3 Å². The quantitative estimate of drug-likeness (QED) is 0.936. The topological polar surface area (TPSA) is 41.6 Å². The van der Waals surface area contributed by atoms with E-state index < -0.39 is 5.82 Å². The summed E-state index contributed by atoms with van der Waals surface area (Å²) in [4.78, 5) is 14.3. The highest BCUT2D eigenvalue weighted by Gasteiger charge is 2.17. The number of anilines is 2. The lowest BCUT2D eigenvalue weighted by Gasteiger charge is -2.30. The molecule has 1 N–H and O–H groups in total. The number of carbonyl (C=O) groups excluding carboxylic acids is 1. The average Bonchev–Trinajstić information content (AvgIpc) is 2.58. The number of halogens is 2. The van der Waals surface area contributed by atoms with Gasteiger partial charge in [-0.2, -0.15) is 0 Å². The number of carbonyl (C=O) groups is 1. The van der Waals surface area contributed by atoms with E-state index in [0.29, 0.717) is 37.6 Å². The highest BCUT2D eigenvalue weighted by atomic mass is 19.1. The van der Waals surface area contributed by atoms with Crippen LogP contribution in [0.1, 0.15) is 5.56 Å². The lowest BCUT2D eigenvalue weighted by Crippen LogP contribution is -2.36. The number of amides is 1. The monoisotopic (exact) mass is 332 g/mol. The summed E-state index contributed by atoms with van der Waals surface area (Å²) in [6.07, 6.45) is 0.0966. The van der Waals surface area contributed by atoms with Crippen molar-refractivity contribution in [3.8, 4) is 0 Å². The van der Waals surface area contributed by atoms with Gasteiger partial charge in [0.2, 0.25) is 5.91 Å². The third kappa shape index (κ3) is 4.08.